The Kier molecular flexibility index (Phi) is 5.53. The van der Waals surface area contributed by atoms with Gasteiger partial charge in [0.15, 0.2) is 0 Å². The van der Waals surface area contributed by atoms with E-state index in [-0.39, 0.29) is 17.9 Å². The zero-order chi connectivity index (χ0) is 17.8. The van der Waals surface area contributed by atoms with Crippen molar-refractivity contribution in [3.05, 3.63) is 46.7 Å². The van der Waals surface area contributed by atoms with Crippen LogP contribution in [0.5, 0.6) is 0 Å². The van der Waals surface area contributed by atoms with Gasteiger partial charge in [-0.3, -0.25) is 9.59 Å². The van der Waals surface area contributed by atoms with E-state index in [1.54, 1.807) is 10.9 Å². The first-order valence-corrected chi connectivity index (χ1v) is 9.25. The average molecular weight is 405 g/mol. The molecule has 2 amide bonds. The van der Waals surface area contributed by atoms with Gasteiger partial charge in [0.25, 0.3) is 5.91 Å². The summed E-state index contributed by atoms with van der Waals surface area (Å²) >= 11 is 3.37. The third-order valence-corrected chi connectivity index (χ3v) is 4.73. The monoisotopic (exact) mass is 404 g/mol. The molecule has 2 heterocycles. The van der Waals surface area contributed by atoms with Crippen LogP contribution in [0.1, 0.15) is 36.5 Å². The Bertz CT molecular complexity index is 757. The van der Waals surface area contributed by atoms with E-state index in [1.807, 2.05) is 42.3 Å². The van der Waals surface area contributed by atoms with E-state index in [2.05, 4.69) is 26.3 Å². The highest BCUT2D eigenvalue weighted by Gasteiger charge is 2.25. The fourth-order valence-electron chi connectivity index (χ4n) is 2.99. The summed E-state index contributed by atoms with van der Waals surface area (Å²) in [6, 6.07) is 7.45. The number of hydrogen-bond acceptors (Lipinski definition) is 3. The number of nitrogens with one attached hydrogen (secondary N) is 1. The van der Waals surface area contributed by atoms with Crippen LogP contribution in [0.15, 0.2) is 41.1 Å². The quantitative estimate of drug-likeness (QED) is 0.851. The van der Waals surface area contributed by atoms with Crippen molar-refractivity contribution in [2.45, 2.75) is 32.2 Å². The van der Waals surface area contributed by atoms with Gasteiger partial charge in [0.2, 0.25) is 5.91 Å². The van der Waals surface area contributed by atoms with Gasteiger partial charge in [0.05, 0.1) is 16.4 Å². The standard InChI is InChI=1S/C18H21BrN4O2/c1-2-17(24)21-15-4-3-9-22(12-15)18(25)13-5-7-16(8-6-13)23-11-14(19)10-20-23/h5-8,10-11,15H,2-4,9,12H2,1H3,(H,21,24). The van der Waals surface area contributed by atoms with Crippen molar-refractivity contribution in [1.29, 1.82) is 0 Å². The summed E-state index contributed by atoms with van der Waals surface area (Å²) in [5.74, 6) is 0.0395. The molecule has 3 rings (SSSR count). The molecule has 1 atom stereocenters. The van der Waals surface area contributed by atoms with Crippen LogP contribution in [-0.2, 0) is 4.79 Å². The van der Waals surface area contributed by atoms with Gasteiger partial charge >= 0.3 is 0 Å². The molecule has 1 aromatic carbocycles. The van der Waals surface area contributed by atoms with E-state index in [9.17, 15) is 9.59 Å². The zero-order valence-corrected chi connectivity index (χ0v) is 15.7. The summed E-state index contributed by atoms with van der Waals surface area (Å²) in [6.07, 6.45) is 5.87. The molecule has 0 aliphatic carbocycles. The van der Waals surface area contributed by atoms with Crippen LogP contribution in [0.4, 0.5) is 0 Å². The van der Waals surface area contributed by atoms with Crippen molar-refractivity contribution in [3.63, 3.8) is 0 Å². The van der Waals surface area contributed by atoms with Crippen LogP contribution < -0.4 is 5.32 Å². The number of rotatable bonds is 4. The molecule has 1 saturated heterocycles. The SMILES string of the molecule is CCC(=O)NC1CCCN(C(=O)c2ccc(-n3cc(Br)cn3)cc2)C1. The largest absolute Gasteiger partial charge is 0.352 e. The number of likely N-dealkylation sites (tertiary alicyclic amines) is 1. The van der Waals surface area contributed by atoms with Gasteiger partial charge in [-0.15, -0.1) is 0 Å². The van der Waals surface area contributed by atoms with Crippen LogP contribution in [0.25, 0.3) is 5.69 Å². The maximum atomic E-state index is 12.7. The molecule has 1 aliphatic rings. The van der Waals surface area contributed by atoms with Crippen molar-refractivity contribution in [2.75, 3.05) is 13.1 Å². The van der Waals surface area contributed by atoms with E-state index in [0.717, 1.165) is 29.5 Å². The van der Waals surface area contributed by atoms with Gasteiger partial charge in [-0.05, 0) is 53.0 Å². The Morgan fingerprint density at radius 1 is 1.32 bits per heavy atom. The molecule has 1 unspecified atom stereocenters. The summed E-state index contributed by atoms with van der Waals surface area (Å²) in [4.78, 5) is 26.1. The third-order valence-electron chi connectivity index (χ3n) is 4.32. The summed E-state index contributed by atoms with van der Waals surface area (Å²) in [6.45, 7) is 3.13. The number of amides is 2. The summed E-state index contributed by atoms with van der Waals surface area (Å²) in [5, 5.41) is 7.22. The Hall–Kier alpha value is -2.15. The predicted octanol–water partition coefficient (Wildman–Crippen LogP) is 2.77. The van der Waals surface area contributed by atoms with Crippen molar-refractivity contribution in [1.82, 2.24) is 20.0 Å². The first kappa shape index (κ1) is 17.7. The van der Waals surface area contributed by atoms with Crippen LogP contribution in [0.2, 0.25) is 0 Å². The lowest BCUT2D eigenvalue weighted by molar-refractivity contribution is -0.121. The highest BCUT2D eigenvalue weighted by atomic mass is 79.9. The molecule has 0 spiro atoms. The zero-order valence-electron chi connectivity index (χ0n) is 14.1. The Labute approximate surface area is 155 Å². The number of nitrogens with zero attached hydrogens (tertiary/aromatic N) is 3. The minimum atomic E-state index is 0.00337. The molecule has 1 aliphatic heterocycles. The molecule has 0 saturated carbocycles. The minimum Gasteiger partial charge on any atom is -0.352 e. The topological polar surface area (TPSA) is 67.2 Å². The van der Waals surface area contributed by atoms with Crippen LogP contribution in [-0.4, -0.2) is 45.6 Å². The lowest BCUT2D eigenvalue weighted by Crippen LogP contribution is -2.49. The average Bonchev–Trinajstić information content (AvgIpc) is 3.08. The lowest BCUT2D eigenvalue weighted by atomic mass is 10.0. The molecule has 1 fully saturated rings. The molecule has 132 valence electrons. The molecular formula is C18H21BrN4O2. The van der Waals surface area contributed by atoms with E-state index in [1.165, 1.54) is 0 Å². The summed E-state index contributed by atoms with van der Waals surface area (Å²) < 4.78 is 2.65. The van der Waals surface area contributed by atoms with Crippen molar-refractivity contribution in [2.24, 2.45) is 0 Å². The Balaban J connectivity index is 1.67. The van der Waals surface area contributed by atoms with Crippen molar-refractivity contribution in [3.8, 4) is 5.69 Å². The Morgan fingerprint density at radius 2 is 2.08 bits per heavy atom. The van der Waals surface area contributed by atoms with E-state index < -0.39 is 0 Å². The van der Waals surface area contributed by atoms with Gasteiger partial charge in [0.1, 0.15) is 0 Å². The second-order valence-electron chi connectivity index (χ2n) is 6.16. The number of halogens is 1. The molecule has 0 radical (unpaired) electrons. The lowest BCUT2D eigenvalue weighted by Gasteiger charge is -2.33. The van der Waals surface area contributed by atoms with Gasteiger partial charge in [0, 0.05) is 37.3 Å². The number of carbonyl (C=O) groups is 2. The van der Waals surface area contributed by atoms with Crippen molar-refractivity contribution >= 4 is 27.7 Å². The maximum Gasteiger partial charge on any atom is 0.253 e. The van der Waals surface area contributed by atoms with Gasteiger partial charge in [-0.25, -0.2) is 4.68 Å². The fourth-order valence-corrected chi connectivity index (χ4v) is 3.28. The first-order valence-electron chi connectivity index (χ1n) is 8.46. The molecule has 7 heteroatoms. The Morgan fingerprint density at radius 3 is 2.72 bits per heavy atom. The molecule has 25 heavy (non-hydrogen) atoms. The number of hydrogen-bond donors (Lipinski definition) is 1. The first-order chi connectivity index (χ1) is 12.1. The van der Waals surface area contributed by atoms with E-state index in [4.69, 9.17) is 0 Å². The molecule has 6 nitrogen and oxygen atoms in total. The number of aromatic nitrogens is 2. The van der Waals surface area contributed by atoms with E-state index >= 15 is 0 Å². The van der Waals surface area contributed by atoms with E-state index in [0.29, 0.717) is 18.5 Å². The number of piperidine rings is 1. The van der Waals surface area contributed by atoms with Gasteiger partial charge in [-0.2, -0.15) is 5.10 Å². The fraction of sp³-hybridized carbons (Fsp3) is 0.389. The summed E-state index contributed by atoms with van der Waals surface area (Å²) in [5.41, 5.74) is 1.55. The molecular weight excluding hydrogens is 384 g/mol. The highest BCUT2D eigenvalue weighted by molar-refractivity contribution is 9.10. The summed E-state index contributed by atoms with van der Waals surface area (Å²) in [7, 11) is 0. The minimum absolute atomic E-state index is 0.00337. The molecule has 2 aromatic rings. The van der Waals surface area contributed by atoms with Crippen molar-refractivity contribution < 1.29 is 9.59 Å². The van der Waals surface area contributed by atoms with Crippen LogP contribution >= 0.6 is 15.9 Å². The molecule has 1 aromatic heterocycles. The smallest absolute Gasteiger partial charge is 0.253 e. The maximum absolute atomic E-state index is 12.7. The van der Waals surface area contributed by atoms with Gasteiger partial charge in [-0.1, -0.05) is 6.92 Å². The molecule has 0 bridgehead atoms. The third kappa shape index (κ3) is 4.28. The molecule has 1 N–H and O–H groups in total. The predicted molar refractivity (Wildman–Crippen MR) is 98.6 cm³/mol. The highest BCUT2D eigenvalue weighted by Crippen LogP contribution is 2.17. The number of carbonyl (C=O) groups excluding carboxylic acids is 2. The van der Waals surface area contributed by atoms with Crippen LogP contribution in [0.3, 0.4) is 0 Å². The van der Waals surface area contributed by atoms with Crippen LogP contribution in [0, 0.1) is 0 Å². The normalized spacial score (nSPS) is 17.4. The second-order valence-corrected chi connectivity index (χ2v) is 7.08. The second kappa shape index (κ2) is 7.82. The van der Waals surface area contributed by atoms with Gasteiger partial charge < -0.3 is 10.2 Å². The number of benzene rings is 1.